The van der Waals surface area contributed by atoms with Gasteiger partial charge in [-0.15, -0.1) is 0 Å². The Morgan fingerprint density at radius 3 is 1.20 bits per heavy atom. The molecule has 0 bridgehead atoms. The largest absolute Gasteiger partial charge is 0.399 e. The van der Waals surface area contributed by atoms with Crippen LogP contribution in [0, 0.1) is 0 Å². The number of nitrogen functional groups attached to an aromatic ring is 1. The molecule has 3 saturated heterocycles. The van der Waals surface area contributed by atoms with Crippen molar-refractivity contribution in [3.8, 4) is 33.8 Å². The number of imidazole rings is 3. The highest BCUT2D eigenvalue weighted by atomic mass is 35.5. The molecule has 15 aromatic rings. The van der Waals surface area contributed by atoms with Crippen molar-refractivity contribution in [2.45, 2.75) is 123 Å². The number of benzene rings is 6. The number of hydrogen-bond acceptors (Lipinski definition) is 23. The summed E-state index contributed by atoms with van der Waals surface area (Å²) in [6.45, 7) is 30.0. The molecule has 32 heteroatoms. The number of carbonyl (C=O) groups excluding carboxylic acids is 3. The number of likely N-dealkylation sites (N-methyl/N-ethyl adjacent to an activating group) is 3. The predicted octanol–water partition coefficient (Wildman–Crippen LogP) is 18.2. The summed E-state index contributed by atoms with van der Waals surface area (Å²) in [5.74, 6) is 0.347. The lowest BCUT2D eigenvalue weighted by Gasteiger charge is -2.16. The van der Waals surface area contributed by atoms with E-state index in [4.69, 9.17) is 51.7 Å². The molecular weight excluding hydrogens is 1770 g/mol. The third-order valence-corrected chi connectivity index (χ3v) is 28.2. The van der Waals surface area contributed by atoms with Crippen molar-refractivity contribution in [2.24, 2.45) is 0 Å². The highest BCUT2D eigenvalue weighted by Gasteiger charge is 2.26. The first-order valence-electron chi connectivity index (χ1n) is 47.7. The number of rotatable bonds is 35. The topological polar surface area (TPSA) is 317 Å². The number of likely N-dealkylation sites (tertiary alicyclic amines) is 3. The van der Waals surface area contributed by atoms with Gasteiger partial charge in [0.15, 0.2) is 5.82 Å². The first kappa shape index (κ1) is 99.1. The van der Waals surface area contributed by atoms with Gasteiger partial charge < -0.3 is 61.5 Å². The molecule has 0 aliphatic carbocycles. The second-order valence-electron chi connectivity index (χ2n) is 38.9. The van der Waals surface area contributed by atoms with Gasteiger partial charge in [-0.3, -0.25) is 53.2 Å². The standard InChI is InChI=1S/C37H48N8O2Si.C31H34N8O.C26H33ClN6O2Si.C11H16N2/c1-43(2)19-16-39-37(46)36-42-34-22-28(10-13-35(34)45(36)26-47-20-21-48(3,4)5)32-23-33(30-24-38-15-14-31(30)41-32)40-29-11-8-27(9-12-29)25-44-17-6-7-18-44;1-38(2)16-13-33-31(40)30-36-26-10-7-22(17-29(26)37-30)27-18-28(24-19-32-12-11-25(24)35-27)34-23-8-5-21(6-9-23)20-39-14-3-4-15-39;1-32(2)11-10-29-26(34)25-31-23-14-18(22-15-20(27)19-16-28-9-8-21(19)30-22)6-7-24(23)33(25)17-35-12-13-36(3,4)5;12-11-5-3-10(4-6-11)9-13-7-1-2-8-13/h8-15,22-24H,6-7,16-21,25-26H2,1-5H3,(H,39,46)(H,40,41);5-12,17-19H,3-4,13-16,20H2,1-2H3,(H,33,40)(H,34,35)(H,36,37);6-9,14-16H,10-13,17H2,1-5H3,(H,29,34);3-6H,1-2,7-9,12H2. The number of nitrogens with zero attached hydrogens (tertiary/aromatic N) is 17. The third-order valence-electron chi connectivity index (χ3n) is 24.5. The number of pyridine rings is 6. The van der Waals surface area contributed by atoms with E-state index in [0.717, 1.165) is 174 Å². The highest BCUT2D eigenvalue weighted by Crippen LogP contribution is 2.37. The summed E-state index contributed by atoms with van der Waals surface area (Å²) in [7, 11) is 9.38. The molecule has 18 rings (SSSR count). The first-order chi connectivity index (χ1) is 66.1. The van der Waals surface area contributed by atoms with Crippen molar-refractivity contribution in [1.29, 1.82) is 0 Å². The summed E-state index contributed by atoms with van der Waals surface area (Å²) in [6.07, 6.45) is 18.5. The molecule has 0 unspecified atom stereocenters. The summed E-state index contributed by atoms with van der Waals surface area (Å²) in [5.41, 5.74) is 26.6. The van der Waals surface area contributed by atoms with Crippen LogP contribution in [0.15, 0.2) is 201 Å². The van der Waals surface area contributed by atoms with E-state index in [0.29, 0.717) is 60.9 Å². The number of carbonyl (C=O) groups is 3. The van der Waals surface area contributed by atoms with Crippen LogP contribution in [0.2, 0.25) is 56.4 Å². The van der Waals surface area contributed by atoms with E-state index in [1.807, 2.05) is 170 Å². The van der Waals surface area contributed by atoms with Crippen molar-refractivity contribution in [2.75, 3.05) is 150 Å². The number of fused-ring (bicyclic) bond motifs is 6. The summed E-state index contributed by atoms with van der Waals surface area (Å²) >= 11 is 6.51. The lowest BCUT2D eigenvalue weighted by atomic mass is 10.1. The van der Waals surface area contributed by atoms with Crippen LogP contribution in [0.1, 0.15) is 87.1 Å². The van der Waals surface area contributed by atoms with Crippen LogP contribution >= 0.6 is 11.6 Å². The molecule has 12 heterocycles. The molecule has 3 fully saturated rings. The van der Waals surface area contributed by atoms with Crippen LogP contribution in [0.4, 0.5) is 28.4 Å². The van der Waals surface area contributed by atoms with Crippen molar-refractivity contribution in [1.82, 2.24) is 104 Å². The fourth-order valence-corrected chi connectivity index (χ4v) is 18.4. The van der Waals surface area contributed by atoms with Crippen molar-refractivity contribution >= 4 is 140 Å². The zero-order chi connectivity index (χ0) is 96.1. The maximum atomic E-state index is 13.3. The van der Waals surface area contributed by atoms with Crippen LogP contribution < -0.4 is 32.3 Å². The lowest BCUT2D eigenvalue weighted by Crippen LogP contribution is -2.33. The van der Waals surface area contributed by atoms with Gasteiger partial charge in [0, 0.05) is 175 Å². The molecule has 8 N–H and O–H groups in total. The lowest BCUT2D eigenvalue weighted by molar-refractivity contribution is 0.0800. The second kappa shape index (κ2) is 46.6. The zero-order valence-corrected chi connectivity index (χ0v) is 84.0. The van der Waals surface area contributed by atoms with E-state index in [1.165, 1.54) is 94.5 Å². The van der Waals surface area contributed by atoms with Gasteiger partial charge in [0.25, 0.3) is 17.7 Å². The van der Waals surface area contributed by atoms with E-state index in [1.54, 1.807) is 24.8 Å². The van der Waals surface area contributed by atoms with Crippen LogP contribution in [-0.2, 0) is 42.6 Å². The van der Waals surface area contributed by atoms with Gasteiger partial charge >= 0.3 is 0 Å². The van der Waals surface area contributed by atoms with Gasteiger partial charge in [-0.05, 0) is 258 Å². The molecule has 9 aromatic heterocycles. The first-order valence-corrected chi connectivity index (χ1v) is 55.5. The zero-order valence-electron chi connectivity index (χ0n) is 81.2. The molecule has 3 amide bonds. The average Bonchev–Trinajstić information content (AvgIpc) is 1.63. The molecule has 0 spiro atoms. The minimum atomic E-state index is -1.25. The Morgan fingerprint density at radius 1 is 0.416 bits per heavy atom. The van der Waals surface area contributed by atoms with Gasteiger partial charge in [-0.2, -0.15) is 0 Å². The Labute approximate surface area is 810 Å². The van der Waals surface area contributed by atoms with Gasteiger partial charge in [0.05, 0.1) is 83.1 Å². The normalized spacial score (nSPS) is 13.8. The fraction of sp³-hybridized carbons (Fsp3) is 0.371. The second-order valence-corrected chi connectivity index (χ2v) is 50.6. The smallest absolute Gasteiger partial charge is 0.287 e. The van der Waals surface area contributed by atoms with E-state index >= 15 is 0 Å². The highest BCUT2D eigenvalue weighted by molar-refractivity contribution is 6.76. The number of nitrogens with one attached hydrogen (secondary N) is 6. The van der Waals surface area contributed by atoms with Crippen LogP contribution in [0.5, 0.6) is 0 Å². The number of nitrogens with two attached hydrogens (primary N) is 1. The Kier molecular flexibility index (Phi) is 33.7. The van der Waals surface area contributed by atoms with E-state index < -0.39 is 16.1 Å². The molecule has 0 radical (unpaired) electrons. The monoisotopic (exact) mass is 1900 g/mol. The van der Waals surface area contributed by atoms with Gasteiger partial charge in [0.1, 0.15) is 13.5 Å². The minimum absolute atomic E-state index is 0.210. The molecule has 0 saturated carbocycles. The number of H-pyrrole nitrogens is 1. The molecule has 716 valence electrons. The SMILES string of the molecule is CN(C)CCNC(=O)c1nc2cc(-c3cc(Cl)c4cnccc4n3)ccc2n1COCC[Si](C)(C)C.CN(C)CCNC(=O)c1nc2cc(-c3cc(Nc4ccc(CN5CCCC5)cc4)c4cnccc4n3)ccc2n1COCC[Si](C)(C)C.CN(C)CCNC(=O)c1nc2ccc(-c3cc(Nc4ccc(CN5CCCC5)cc4)c4cnccc4n3)cc2[nH]1.Nc1ccc(CN2CCCC2)cc1. The number of ether oxygens (including phenoxy) is 2. The molecule has 137 heavy (non-hydrogen) atoms. The average molecular weight is 1900 g/mol. The Balaban J connectivity index is 0.000000147. The third kappa shape index (κ3) is 27.8. The van der Waals surface area contributed by atoms with E-state index in [9.17, 15) is 14.4 Å². The summed E-state index contributed by atoms with van der Waals surface area (Å²) in [4.78, 5) is 97.3. The molecule has 3 aliphatic heterocycles. The van der Waals surface area contributed by atoms with Crippen LogP contribution in [0.25, 0.3) is 99.6 Å². The number of halogens is 1. The summed E-state index contributed by atoms with van der Waals surface area (Å²) < 4.78 is 15.9. The molecule has 29 nitrogen and oxygen atoms in total. The molecular formula is C105H131ClN24O5Si2. The number of anilines is 5. The molecule has 0 atom stereocenters. The van der Waals surface area contributed by atoms with Gasteiger partial charge in [-0.25, -0.2) is 29.9 Å². The van der Waals surface area contributed by atoms with Gasteiger partial charge in [0.2, 0.25) is 11.6 Å². The predicted molar refractivity (Wildman–Crippen MR) is 561 cm³/mol. The maximum absolute atomic E-state index is 13.3. The Morgan fingerprint density at radius 2 is 0.788 bits per heavy atom. The van der Waals surface area contributed by atoms with Crippen molar-refractivity contribution in [3.05, 3.63) is 240 Å². The van der Waals surface area contributed by atoms with E-state index in [2.05, 4.69) is 178 Å². The van der Waals surface area contributed by atoms with Crippen molar-refractivity contribution < 1.29 is 23.9 Å². The maximum Gasteiger partial charge on any atom is 0.287 e. The fourth-order valence-electron chi connectivity index (χ4n) is 16.7. The number of aromatic nitrogens is 12. The summed E-state index contributed by atoms with van der Waals surface area (Å²) in [5, 5.41) is 19.4. The van der Waals surface area contributed by atoms with E-state index in [-0.39, 0.29) is 31.2 Å². The van der Waals surface area contributed by atoms with Crippen molar-refractivity contribution in [3.63, 3.8) is 0 Å². The molecule has 3 aliphatic rings. The summed E-state index contributed by atoms with van der Waals surface area (Å²) in [6, 6.07) is 57.1. The Hall–Kier alpha value is -12.4. The quantitative estimate of drug-likeness (QED) is 0.0110. The number of amides is 3. The van der Waals surface area contributed by atoms with Crippen LogP contribution in [-0.4, -0.2) is 256 Å². The molecule has 6 aromatic carbocycles. The van der Waals surface area contributed by atoms with Gasteiger partial charge in [-0.1, -0.05) is 105 Å². The Bertz CT molecular complexity index is 6600. The van der Waals surface area contributed by atoms with Crippen LogP contribution in [0.3, 0.4) is 0 Å². The minimum Gasteiger partial charge on any atom is -0.399 e. The number of aromatic amines is 1. The number of hydrogen-bond donors (Lipinski definition) is 7.